The molecule has 0 aromatic heterocycles. The van der Waals surface area contributed by atoms with Crippen LogP contribution in [0.4, 0.5) is 8.78 Å². The number of aliphatic hydroxyl groups excluding tert-OH is 1. The van der Waals surface area contributed by atoms with E-state index in [4.69, 9.17) is 4.74 Å². The average molecular weight is 347 g/mol. The van der Waals surface area contributed by atoms with E-state index < -0.39 is 23.8 Å². The number of amides is 1. The van der Waals surface area contributed by atoms with Crippen LogP contribution < -0.4 is 5.32 Å². The number of carbonyl (C=O) groups excluding carboxylic acids is 1. The van der Waals surface area contributed by atoms with E-state index in [9.17, 15) is 18.7 Å². The molecule has 0 saturated carbocycles. The number of fused-ring (bicyclic) bond motifs is 1. The molecule has 2 aromatic rings. The third-order valence-electron chi connectivity index (χ3n) is 4.21. The van der Waals surface area contributed by atoms with Gasteiger partial charge in [-0.15, -0.1) is 0 Å². The third-order valence-corrected chi connectivity index (χ3v) is 4.21. The molecule has 2 atom stereocenters. The van der Waals surface area contributed by atoms with Crippen LogP contribution in [0.25, 0.3) is 0 Å². The van der Waals surface area contributed by atoms with Gasteiger partial charge in [-0.2, -0.15) is 0 Å². The first-order valence-electron chi connectivity index (χ1n) is 8.13. The zero-order valence-electron chi connectivity index (χ0n) is 13.5. The fraction of sp³-hybridized carbons (Fsp3) is 0.316. The summed E-state index contributed by atoms with van der Waals surface area (Å²) in [6.07, 6.45) is -0.955. The van der Waals surface area contributed by atoms with Gasteiger partial charge in [-0.3, -0.25) is 4.79 Å². The maximum absolute atomic E-state index is 13.6. The van der Waals surface area contributed by atoms with Crippen molar-refractivity contribution in [2.75, 3.05) is 13.2 Å². The molecule has 0 unspecified atom stereocenters. The van der Waals surface area contributed by atoms with Gasteiger partial charge in [0, 0.05) is 19.0 Å². The van der Waals surface area contributed by atoms with Crippen LogP contribution in [0.3, 0.4) is 0 Å². The normalized spacial score (nSPS) is 17.6. The Hall–Kier alpha value is -2.31. The fourth-order valence-electron chi connectivity index (χ4n) is 2.94. The van der Waals surface area contributed by atoms with Crippen molar-refractivity contribution in [1.29, 1.82) is 0 Å². The molecule has 4 nitrogen and oxygen atoms in total. The molecule has 0 saturated heterocycles. The number of carbonyl (C=O) groups is 1. The molecule has 0 spiro atoms. The SMILES string of the molecule is O=C(NC[C@@H](O)Cc1ccc(F)cc1F)[C@@H]1OCCc2ccccc21. The molecular formula is C19H19F2NO3. The standard InChI is InChI=1S/C19H19F2NO3/c20-14-6-5-13(17(21)10-14)9-15(23)11-22-19(24)18-16-4-2-1-3-12(16)7-8-25-18/h1-6,10,15,18,23H,7-9,11H2,(H,22,24)/t15-,18+/m0/s1. The van der Waals surface area contributed by atoms with E-state index in [0.717, 1.165) is 29.7 Å². The van der Waals surface area contributed by atoms with Gasteiger partial charge in [-0.1, -0.05) is 30.3 Å². The molecule has 1 amide bonds. The number of ether oxygens (including phenoxy) is 1. The number of benzene rings is 2. The summed E-state index contributed by atoms with van der Waals surface area (Å²) in [6, 6.07) is 10.8. The van der Waals surface area contributed by atoms with Gasteiger partial charge in [-0.25, -0.2) is 8.78 Å². The number of hydrogen-bond acceptors (Lipinski definition) is 3. The fourth-order valence-corrected chi connectivity index (χ4v) is 2.94. The van der Waals surface area contributed by atoms with Gasteiger partial charge in [0.15, 0.2) is 6.10 Å². The summed E-state index contributed by atoms with van der Waals surface area (Å²) in [5, 5.41) is 12.7. The summed E-state index contributed by atoms with van der Waals surface area (Å²) >= 11 is 0. The van der Waals surface area contributed by atoms with Crippen LogP contribution >= 0.6 is 0 Å². The minimum Gasteiger partial charge on any atom is -0.391 e. The molecule has 3 rings (SSSR count). The van der Waals surface area contributed by atoms with E-state index in [-0.39, 0.29) is 24.4 Å². The minimum absolute atomic E-state index is 0.0193. The predicted octanol–water partition coefficient (Wildman–Crippen LogP) is 2.30. The highest BCUT2D eigenvalue weighted by Gasteiger charge is 2.27. The van der Waals surface area contributed by atoms with E-state index >= 15 is 0 Å². The highest BCUT2D eigenvalue weighted by Crippen LogP contribution is 2.26. The molecule has 2 aromatic carbocycles. The molecule has 2 N–H and O–H groups in total. The average Bonchev–Trinajstić information content (AvgIpc) is 2.61. The van der Waals surface area contributed by atoms with Gasteiger partial charge in [0.2, 0.25) is 0 Å². The lowest BCUT2D eigenvalue weighted by molar-refractivity contribution is -0.134. The summed E-state index contributed by atoms with van der Waals surface area (Å²) in [5.74, 6) is -1.72. The van der Waals surface area contributed by atoms with Gasteiger partial charge in [0.1, 0.15) is 11.6 Å². The highest BCUT2D eigenvalue weighted by molar-refractivity contribution is 5.82. The second kappa shape index (κ2) is 7.72. The molecule has 1 heterocycles. The van der Waals surface area contributed by atoms with Crippen LogP contribution in [0.15, 0.2) is 42.5 Å². The third kappa shape index (κ3) is 4.21. The van der Waals surface area contributed by atoms with Gasteiger partial charge >= 0.3 is 0 Å². The molecule has 25 heavy (non-hydrogen) atoms. The predicted molar refractivity (Wildman–Crippen MR) is 87.9 cm³/mol. The van der Waals surface area contributed by atoms with Gasteiger partial charge in [0.25, 0.3) is 5.91 Å². The van der Waals surface area contributed by atoms with Crippen molar-refractivity contribution in [3.05, 3.63) is 70.8 Å². The van der Waals surface area contributed by atoms with Crippen molar-refractivity contribution in [2.24, 2.45) is 0 Å². The minimum atomic E-state index is -0.984. The quantitative estimate of drug-likeness (QED) is 0.873. The van der Waals surface area contributed by atoms with Gasteiger partial charge < -0.3 is 15.2 Å². The molecule has 0 radical (unpaired) electrons. The monoisotopic (exact) mass is 347 g/mol. The number of hydrogen-bond donors (Lipinski definition) is 2. The van der Waals surface area contributed by atoms with Crippen LogP contribution in [0.5, 0.6) is 0 Å². The summed E-state index contributed by atoms with van der Waals surface area (Å²) in [4.78, 5) is 12.4. The van der Waals surface area contributed by atoms with Gasteiger partial charge in [-0.05, 0) is 29.2 Å². The van der Waals surface area contributed by atoms with Crippen molar-refractivity contribution in [1.82, 2.24) is 5.32 Å². The molecule has 0 bridgehead atoms. The molecule has 1 aliphatic heterocycles. The van der Waals surface area contributed by atoms with Gasteiger partial charge in [0.05, 0.1) is 12.7 Å². The lowest BCUT2D eigenvalue weighted by Crippen LogP contribution is -2.38. The Kier molecular flexibility index (Phi) is 5.40. The van der Waals surface area contributed by atoms with Crippen LogP contribution in [0, 0.1) is 11.6 Å². The summed E-state index contributed by atoms with van der Waals surface area (Å²) in [6.45, 7) is 0.413. The van der Waals surface area contributed by atoms with Crippen molar-refractivity contribution >= 4 is 5.91 Å². The Labute approximate surface area is 144 Å². The number of halogens is 2. The molecule has 0 fully saturated rings. The molecule has 0 aliphatic carbocycles. The summed E-state index contributed by atoms with van der Waals surface area (Å²) in [7, 11) is 0. The summed E-state index contributed by atoms with van der Waals surface area (Å²) in [5.41, 5.74) is 2.09. The highest BCUT2D eigenvalue weighted by atomic mass is 19.1. The molecule has 132 valence electrons. The van der Waals surface area contributed by atoms with E-state index in [2.05, 4.69) is 5.32 Å². The van der Waals surface area contributed by atoms with Crippen LogP contribution in [0.2, 0.25) is 0 Å². The zero-order chi connectivity index (χ0) is 17.8. The van der Waals surface area contributed by atoms with Crippen molar-refractivity contribution < 1.29 is 23.4 Å². The lowest BCUT2D eigenvalue weighted by Gasteiger charge is -2.25. The smallest absolute Gasteiger partial charge is 0.253 e. The first-order chi connectivity index (χ1) is 12.0. The number of aliphatic hydroxyl groups is 1. The van der Waals surface area contributed by atoms with Crippen molar-refractivity contribution in [3.8, 4) is 0 Å². The Morgan fingerprint density at radius 1 is 1.28 bits per heavy atom. The van der Waals surface area contributed by atoms with E-state index in [0.29, 0.717) is 6.61 Å². The second-order valence-corrected chi connectivity index (χ2v) is 6.04. The van der Waals surface area contributed by atoms with Crippen molar-refractivity contribution in [3.63, 3.8) is 0 Å². The van der Waals surface area contributed by atoms with E-state index in [1.165, 1.54) is 6.07 Å². The maximum Gasteiger partial charge on any atom is 0.253 e. The zero-order valence-corrected chi connectivity index (χ0v) is 13.5. The Morgan fingerprint density at radius 2 is 2.08 bits per heavy atom. The van der Waals surface area contributed by atoms with Crippen LogP contribution in [0.1, 0.15) is 22.8 Å². The van der Waals surface area contributed by atoms with Crippen molar-refractivity contribution in [2.45, 2.75) is 25.0 Å². The number of nitrogens with one attached hydrogen (secondary N) is 1. The topological polar surface area (TPSA) is 58.6 Å². The van der Waals surface area contributed by atoms with E-state index in [1.807, 2.05) is 24.3 Å². The first-order valence-corrected chi connectivity index (χ1v) is 8.13. The molecular weight excluding hydrogens is 328 g/mol. The molecule has 1 aliphatic rings. The molecule has 6 heteroatoms. The number of rotatable bonds is 5. The Morgan fingerprint density at radius 3 is 2.88 bits per heavy atom. The largest absolute Gasteiger partial charge is 0.391 e. The Balaban J connectivity index is 1.57. The van der Waals surface area contributed by atoms with Crippen LogP contribution in [-0.4, -0.2) is 30.3 Å². The first kappa shape index (κ1) is 17.5. The maximum atomic E-state index is 13.6. The van der Waals surface area contributed by atoms with E-state index in [1.54, 1.807) is 0 Å². The lowest BCUT2D eigenvalue weighted by atomic mass is 9.97. The summed E-state index contributed by atoms with van der Waals surface area (Å²) < 4.78 is 32.1. The second-order valence-electron chi connectivity index (χ2n) is 6.04. The van der Waals surface area contributed by atoms with Crippen LogP contribution in [-0.2, 0) is 22.4 Å². The Bertz CT molecular complexity index is 766.